The van der Waals surface area contributed by atoms with E-state index in [0.717, 1.165) is 0 Å². The van der Waals surface area contributed by atoms with Gasteiger partial charge in [-0.05, 0) is 6.42 Å². The Bertz CT molecular complexity index is 163. The molecule has 0 unspecified atom stereocenters. The number of aliphatic hydroxyl groups is 1. The summed E-state index contributed by atoms with van der Waals surface area (Å²) in [7, 11) is 0. The van der Waals surface area contributed by atoms with Crippen LogP contribution < -0.4 is 0 Å². The third-order valence-corrected chi connectivity index (χ3v) is 1.85. The summed E-state index contributed by atoms with van der Waals surface area (Å²) in [4.78, 5) is 0. The van der Waals surface area contributed by atoms with Gasteiger partial charge in [-0.25, -0.2) is 0 Å². The molecule has 1 fully saturated rings. The van der Waals surface area contributed by atoms with Crippen molar-refractivity contribution in [3.05, 3.63) is 0 Å². The molecule has 0 aromatic heterocycles. The average Bonchev–Trinajstić information content (AvgIpc) is 2.48. The fourth-order valence-electron chi connectivity index (χ4n) is 1.22. The minimum atomic E-state index is -4.53. The minimum absolute atomic E-state index is 0.0134. The van der Waals surface area contributed by atoms with E-state index in [4.69, 9.17) is 5.11 Å². The van der Waals surface area contributed by atoms with Crippen molar-refractivity contribution in [1.82, 2.24) is 0 Å². The lowest BCUT2D eigenvalue weighted by molar-refractivity contribution is -0.346. The minimum Gasteiger partial charge on any atom is -0.396 e. The second-order valence-corrected chi connectivity index (χ2v) is 2.77. The quantitative estimate of drug-likeness (QED) is 0.740. The summed E-state index contributed by atoms with van der Waals surface area (Å²) in [5.41, 5.74) is 0. The van der Waals surface area contributed by atoms with Crippen LogP contribution in [0, 0.1) is 0 Å². The molecule has 0 aliphatic carbocycles. The third-order valence-electron chi connectivity index (χ3n) is 1.85. The van der Waals surface area contributed by atoms with Gasteiger partial charge in [0.05, 0.1) is 13.2 Å². The zero-order valence-corrected chi connectivity index (χ0v) is 6.93. The van der Waals surface area contributed by atoms with E-state index in [0.29, 0.717) is 0 Å². The number of rotatable bonds is 3. The van der Waals surface area contributed by atoms with E-state index < -0.39 is 12.0 Å². The number of ether oxygens (including phenoxy) is 2. The predicted octanol–water partition coefficient (Wildman–Crippen LogP) is 1.06. The van der Waals surface area contributed by atoms with Gasteiger partial charge in [0, 0.05) is 13.0 Å². The molecule has 1 aliphatic rings. The molecule has 78 valence electrons. The molecular formula is C7H11F3O3. The van der Waals surface area contributed by atoms with E-state index in [1.165, 1.54) is 0 Å². The fraction of sp³-hybridized carbons (Fsp3) is 1.00. The van der Waals surface area contributed by atoms with Gasteiger partial charge in [-0.2, -0.15) is 13.2 Å². The summed E-state index contributed by atoms with van der Waals surface area (Å²) in [6.07, 6.45) is -4.87. The SMILES string of the molecule is OCCCC1(C(F)(F)F)OCCO1. The van der Waals surface area contributed by atoms with Crippen molar-refractivity contribution in [2.75, 3.05) is 19.8 Å². The van der Waals surface area contributed by atoms with E-state index >= 15 is 0 Å². The molecular weight excluding hydrogens is 189 g/mol. The molecule has 1 rings (SSSR count). The maximum absolute atomic E-state index is 12.4. The second-order valence-electron chi connectivity index (χ2n) is 2.77. The predicted molar refractivity (Wildman–Crippen MR) is 37.0 cm³/mol. The highest BCUT2D eigenvalue weighted by molar-refractivity contribution is 4.82. The number of aliphatic hydroxyl groups excluding tert-OH is 1. The Hall–Kier alpha value is -0.330. The highest BCUT2D eigenvalue weighted by Gasteiger charge is 2.59. The zero-order valence-electron chi connectivity index (χ0n) is 6.93. The van der Waals surface area contributed by atoms with E-state index in [-0.39, 0.29) is 32.7 Å². The van der Waals surface area contributed by atoms with Gasteiger partial charge in [0.25, 0.3) is 5.79 Å². The van der Waals surface area contributed by atoms with Crippen LogP contribution in [0.25, 0.3) is 0 Å². The lowest BCUT2D eigenvalue weighted by Crippen LogP contribution is -2.46. The van der Waals surface area contributed by atoms with Crippen molar-refractivity contribution in [2.24, 2.45) is 0 Å². The Labute approximate surface area is 73.4 Å². The van der Waals surface area contributed by atoms with Crippen LogP contribution >= 0.6 is 0 Å². The number of halogens is 3. The first-order valence-corrected chi connectivity index (χ1v) is 3.97. The van der Waals surface area contributed by atoms with Crippen LogP contribution in [-0.2, 0) is 9.47 Å². The zero-order chi connectivity index (χ0) is 9.95. The molecule has 0 aromatic carbocycles. The summed E-state index contributed by atoms with van der Waals surface area (Å²) < 4.78 is 46.3. The van der Waals surface area contributed by atoms with Crippen LogP contribution in [0.2, 0.25) is 0 Å². The Kier molecular flexibility index (Phi) is 3.15. The molecule has 0 atom stereocenters. The van der Waals surface area contributed by atoms with Crippen molar-refractivity contribution >= 4 is 0 Å². The van der Waals surface area contributed by atoms with Crippen LogP contribution in [0.3, 0.4) is 0 Å². The number of hydrogen-bond donors (Lipinski definition) is 1. The first-order valence-electron chi connectivity index (χ1n) is 3.97. The van der Waals surface area contributed by atoms with Crippen LogP contribution in [0.4, 0.5) is 13.2 Å². The second kappa shape index (κ2) is 3.81. The molecule has 1 aliphatic heterocycles. The molecule has 0 saturated carbocycles. The van der Waals surface area contributed by atoms with Crippen molar-refractivity contribution in [3.63, 3.8) is 0 Å². The van der Waals surface area contributed by atoms with Crippen molar-refractivity contribution in [3.8, 4) is 0 Å². The highest BCUT2D eigenvalue weighted by atomic mass is 19.4. The van der Waals surface area contributed by atoms with E-state index in [1.807, 2.05) is 0 Å². The Morgan fingerprint density at radius 1 is 1.23 bits per heavy atom. The molecule has 6 heteroatoms. The summed E-state index contributed by atoms with van der Waals surface area (Å²) in [6, 6.07) is 0. The van der Waals surface area contributed by atoms with E-state index in [1.54, 1.807) is 0 Å². The monoisotopic (exact) mass is 200 g/mol. The molecule has 0 radical (unpaired) electrons. The topological polar surface area (TPSA) is 38.7 Å². The maximum Gasteiger partial charge on any atom is 0.443 e. The summed E-state index contributed by atoms with van der Waals surface area (Å²) in [5.74, 6) is -2.48. The maximum atomic E-state index is 12.4. The molecule has 0 bridgehead atoms. The van der Waals surface area contributed by atoms with Gasteiger partial charge < -0.3 is 14.6 Å². The summed E-state index contributed by atoms with van der Waals surface area (Å²) in [5, 5.41) is 8.43. The molecule has 1 saturated heterocycles. The van der Waals surface area contributed by atoms with Crippen LogP contribution in [0.15, 0.2) is 0 Å². The van der Waals surface area contributed by atoms with Gasteiger partial charge in [-0.15, -0.1) is 0 Å². The van der Waals surface area contributed by atoms with Gasteiger partial charge in [0.2, 0.25) is 0 Å². The molecule has 3 nitrogen and oxygen atoms in total. The molecule has 0 spiro atoms. The smallest absolute Gasteiger partial charge is 0.396 e. The summed E-state index contributed by atoms with van der Waals surface area (Å²) in [6.45, 7) is -0.402. The normalized spacial score (nSPS) is 22.2. The average molecular weight is 200 g/mol. The van der Waals surface area contributed by atoms with E-state index in [9.17, 15) is 13.2 Å². The Morgan fingerprint density at radius 2 is 1.77 bits per heavy atom. The first kappa shape index (κ1) is 10.7. The molecule has 1 heterocycles. The third kappa shape index (κ3) is 2.12. The van der Waals surface area contributed by atoms with Gasteiger partial charge in [0.15, 0.2) is 0 Å². The Balaban J connectivity index is 2.64. The van der Waals surface area contributed by atoms with Gasteiger partial charge in [0.1, 0.15) is 0 Å². The van der Waals surface area contributed by atoms with Crippen molar-refractivity contribution in [1.29, 1.82) is 0 Å². The first-order chi connectivity index (χ1) is 6.02. The standard InChI is InChI=1S/C7H11F3O3/c8-7(9,10)6(2-1-3-11)12-4-5-13-6/h11H,1-5H2. The molecule has 0 amide bonds. The molecule has 13 heavy (non-hydrogen) atoms. The van der Waals surface area contributed by atoms with Crippen molar-refractivity contribution < 1.29 is 27.8 Å². The number of hydrogen-bond acceptors (Lipinski definition) is 3. The van der Waals surface area contributed by atoms with Gasteiger partial charge in [-0.1, -0.05) is 0 Å². The van der Waals surface area contributed by atoms with Crippen LogP contribution in [0.1, 0.15) is 12.8 Å². The highest BCUT2D eigenvalue weighted by Crippen LogP contribution is 2.40. The Morgan fingerprint density at radius 3 is 2.15 bits per heavy atom. The molecule has 1 N–H and O–H groups in total. The van der Waals surface area contributed by atoms with Crippen LogP contribution in [0.5, 0.6) is 0 Å². The lowest BCUT2D eigenvalue weighted by Gasteiger charge is -2.29. The lowest BCUT2D eigenvalue weighted by atomic mass is 10.1. The fourth-order valence-corrected chi connectivity index (χ4v) is 1.22. The largest absolute Gasteiger partial charge is 0.443 e. The van der Waals surface area contributed by atoms with Crippen LogP contribution in [-0.4, -0.2) is 36.9 Å². The van der Waals surface area contributed by atoms with E-state index in [2.05, 4.69) is 9.47 Å². The van der Waals surface area contributed by atoms with Gasteiger partial charge >= 0.3 is 6.18 Å². The van der Waals surface area contributed by atoms with Gasteiger partial charge in [-0.3, -0.25) is 0 Å². The van der Waals surface area contributed by atoms with Crippen molar-refractivity contribution in [2.45, 2.75) is 24.8 Å². The molecule has 0 aromatic rings. The summed E-state index contributed by atoms with van der Waals surface area (Å²) >= 11 is 0. The number of alkyl halides is 3.